The highest BCUT2D eigenvalue weighted by Gasteiger charge is 2.28. The van der Waals surface area contributed by atoms with Crippen molar-refractivity contribution in [3.63, 3.8) is 0 Å². The van der Waals surface area contributed by atoms with E-state index in [-0.39, 0.29) is 17.9 Å². The predicted molar refractivity (Wildman–Crippen MR) is 99.9 cm³/mol. The first-order chi connectivity index (χ1) is 12.5. The first kappa shape index (κ1) is 17.8. The number of nitrogens with zero attached hydrogens (tertiary/aromatic N) is 3. The third kappa shape index (κ3) is 4.56. The average Bonchev–Trinajstić information content (AvgIpc) is 2.62. The average molecular weight is 353 g/mol. The normalized spacial score (nSPS) is 16.8. The molecule has 1 atom stereocenters. The molecular formula is C19H23N5O2. The zero-order chi connectivity index (χ0) is 18.5. The van der Waals surface area contributed by atoms with Gasteiger partial charge < -0.3 is 10.2 Å². The molecule has 0 aromatic carbocycles. The van der Waals surface area contributed by atoms with Crippen LogP contribution in [0.15, 0.2) is 36.4 Å². The van der Waals surface area contributed by atoms with Gasteiger partial charge in [-0.05, 0) is 51.0 Å². The fraction of sp³-hybridized carbons (Fsp3) is 0.368. The van der Waals surface area contributed by atoms with Crippen LogP contribution < -0.4 is 10.6 Å². The van der Waals surface area contributed by atoms with Gasteiger partial charge in [-0.3, -0.25) is 10.1 Å². The van der Waals surface area contributed by atoms with Gasteiger partial charge in [0.15, 0.2) is 0 Å². The summed E-state index contributed by atoms with van der Waals surface area (Å²) in [7, 11) is 0. The van der Waals surface area contributed by atoms with Crippen molar-refractivity contribution in [1.82, 2.24) is 14.9 Å². The second-order valence-electron chi connectivity index (χ2n) is 6.53. The second kappa shape index (κ2) is 7.95. The van der Waals surface area contributed by atoms with Gasteiger partial charge in [-0.25, -0.2) is 14.8 Å². The molecule has 2 aromatic rings. The lowest BCUT2D eigenvalue weighted by Crippen LogP contribution is -2.45. The van der Waals surface area contributed by atoms with Crippen molar-refractivity contribution in [3.8, 4) is 0 Å². The van der Waals surface area contributed by atoms with E-state index >= 15 is 0 Å². The van der Waals surface area contributed by atoms with Gasteiger partial charge in [-0.1, -0.05) is 12.1 Å². The van der Waals surface area contributed by atoms with Crippen molar-refractivity contribution in [2.75, 3.05) is 23.7 Å². The number of urea groups is 1. The Morgan fingerprint density at radius 1 is 1.00 bits per heavy atom. The van der Waals surface area contributed by atoms with Crippen molar-refractivity contribution in [2.24, 2.45) is 5.92 Å². The summed E-state index contributed by atoms with van der Waals surface area (Å²) in [6.45, 7) is 4.76. The van der Waals surface area contributed by atoms with E-state index in [0.29, 0.717) is 24.7 Å². The van der Waals surface area contributed by atoms with Crippen LogP contribution in [-0.4, -0.2) is 39.9 Å². The molecule has 1 fully saturated rings. The number of hydrogen-bond acceptors (Lipinski definition) is 4. The number of piperidine rings is 1. The number of pyridine rings is 2. The van der Waals surface area contributed by atoms with Crippen molar-refractivity contribution < 1.29 is 9.59 Å². The number of nitrogens with one attached hydrogen (secondary N) is 2. The fourth-order valence-electron chi connectivity index (χ4n) is 3.02. The summed E-state index contributed by atoms with van der Waals surface area (Å²) in [6.07, 6.45) is 1.54. The van der Waals surface area contributed by atoms with Gasteiger partial charge in [0.2, 0.25) is 5.91 Å². The molecule has 1 aliphatic heterocycles. The van der Waals surface area contributed by atoms with Gasteiger partial charge >= 0.3 is 6.03 Å². The molecule has 0 aliphatic carbocycles. The molecule has 3 rings (SSSR count). The van der Waals surface area contributed by atoms with E-state index in [4.69, 9.17) is 0 Å². The lowest BCUT2D eigenvalue weighted by molar-refractivity contribution is -0.121. The SMILES string of the molecule is Cc1cccc(NC(=O)C2CCCN(C(=O)Nc3cccc(C)n3)C2)n1. The van der Waals surface area contributed by atoms with Gasteiger partial charge in [0, 0.05) is 24.5 Å². The van der Waals surface area contributed by atoms with Crippen LogP contribution >= 0.6 is 0 Å². The molecule has 136 valence electrons. The third-order valence-corrected chi connectivity index (χ3v) is 4.34. The number of hydrogen-bond donors (Lipinski definition) is 2. The molecule has 3 heterocycles. The molecular weight excluding hydrogens is 330 g/mol. The molecule has 1 unspecified atom stereocenters. The summed E-state index contributed by atoms with van der Waals surface area (Å²) in [5.41, 5.74) is 1.68. The molecule has 0 radical (unpaired) electrons. The van der Waals surface area contributed by atoms with Crippen LogP contribution in [0.1, 0.15) is 24.2 Å². The molecule has 2 aromatic heterocycles. The Balaban J connectivity index is 1.59. The van der Waals surface area contributed by atoms with Gasteiger partial charge in [0.1, 0.15) is 11.6 Å². The van der Waals surface area contributed by atoms with Crippen molar-refractivity contribution in [2.45, 2.75) is 26.7 Å². The molecule has 26 heavy (non-hydrogen) atoms. The summed E-state index contributed by atoms with van der Waals surface area (Å²) < 4.78 is 0. The standard InChI is InChI=1S/C19H23N5O2/c1-13-6-3-9-16(20-13)22-18(25)15-8-5-11-24(12-15)19(26)23-17-10-4-7-14(2)21-17/h3-4,6-7,9-10,15H,5,8,11-12H2,1-2H3,(H,20,22,25)(H,21,23,26). The number of rotatable bonds is 3. The van der Waals surface area contributed by atoms with Crippen LogP contribution in [0.3, 0.4) is 0 Å². The van der Waals surface area contributed by atoms with Crippen LogP contribution in [0, 0.1) is 19.8 Å². The monoisotopic (exact) mass is 353 g/mol. The summed E-state index contributed by atoms with van der Waals surface area (Å²) in [4.78, 5) is 35.3. The maximum Gasteiger partial charge on any atom is 0.323 e. The lowest BCUT2D eigenvalue weighted by atomic mass is 9.97. The first-order valence-corrected chi connectivity index (χ1v) is 8.75. The molecule has 0 bridgehead atoms. The number of carbonyl (C=O) groups excluding carboxylic acids is 2. The Morgan fingerprint density at radius 3 is 2.23 bits per heavy atom. The minimum atomic E-state index is -0.248. The van der Waals surface area contributed by atoms with Gasteiger partial charge in [-0.2, -0.15) is 0 Å². The molecule has 3 amide bonds. The van der Waals surface area contributed by atoms with E-state index in [1.54, 1.807) is 17.0 Å². The molecule has 1 saturated heterocycles. The van der Waals surface area contributed by atoms with E-state index in [1.807, 2.05) is 38.1 Å². The zero-order valence-corrected chi connectivity index (χ0v) is 15.0. The molecule has 0 saturated carbocycles. The number of likely N-dealkylation sites (tertiary alicyclic amines) is 1. The van der Waals surface area contributed by atoms with Gasteiger partial charge in [0.05, 0.1) is 5.92 Å². The topological polar surface area (TPSA) is 87.2 Å². The molecule has 7 heteroatoms. The highest BCUT2D eigenvalue weighted by Crippen LogP contribution is 2.19. The highest BCUT2D eigenvalue weighted by molar-refractivity contribution is 5.93. The number of amides is 3. The Hall–Kier alpha value is -2.96. The minimum absolute atomic E-state index is 0.103. The van der Waals surface area contributed by atoms with Crippen LogP contribution in [0.2, 0.25) is 0 Å². The van der Waals surface area contributed by atoms with Crippen molar-refractivity contribution in [3.05, 3.63) is 47.8 Å². The summed E-state index contributed by atoms with van der Waals surface area (Å²) >= 11 is 0. The van der Waals surface area contributed by atoms with Crippen LogP contribution in [0.25, 0.3) is 0 Å². The first-order valence-electron chi connectivity index (χ1n) is 8.75. The Kier molecular flexibility index (Phi) is 5.46. The van der Waals surface area contributed by atoms with E-state index in [0.717, 1.165) is 24.2 Å². The van der Waals surface area contributed by atoms with Gasteiger partial charge in [0.25, 0.3) is 0 Å². The maximum atomic E-state index is 12.5. The minimum Gasteiger partial charge on any atom is -0.324 e. The smallest absolute Gasteiger partial charge is 0.323 e. The molecule has 7 nitrogen and oxygen atoms in total. The maximum absolute atomic E-state index is 12.5. The zero-order valence-electron chi connectivity index (χ0n) is 15.0. The number of anilines is 2. The summed E-state index contributed by atoms with van der Waals surface area (Å²) in [5.74, 6) is 0.711. The van der Waals surface area contributed by atoms with Crippen LogP contribution in [0.4, 0.5) is 16.4 Å². The van der Waals surface area contributed by atoms with E-state index in [9.17, 15) is 9.59 Å². The summed E-state index contributed by atoms with van der Waals surface area (Å²) in [5, 5.41) is 5.65. The van der Waals surface area contributed by atoms with Gasteiger partial charge in [-0.15, -0.1) is 0 Å². The largest absolute Gasteiger partial charge is 0.324 e. The highest BCUT2D eigenvalue weighted by atomic mass is 16.2. The third-order valence-electron chi connectivity index (χ3n) is 4.34. The predicted octanol–water partition coefficient (Wildman–Crippen LogP) is 2.98. The molecule has 1 aliphatic rings. The van der Waals surface area contributed by atoms with Crippen molar-refractivity contribution in [1.29, 1.82) is 0 Å². The molecule has 2 N–H and O–H groups in total. The Labute approximate surface area is 152 Å². The van der Waals surface area contributed by atoms with E-state index in [1.165, 1.54) is 0 Å². The molecule has 0 spiro atoms. The van der Waals surface area contributed by atoms with E-state index < -0.39 is 0 Å². The second-order valence-corrected chi connectivity index (χ2v) is 6.53. The van der Waals surface area contributed by atoms with Crippen LogP contribution in [-0.2, 0) is 4.79 Å². The lowest BCUT2D eigenvalue weighted by Gasteiger charge is -2.31. The van der Waals surface area contributed by atoms with Crippen LogP contribution in [0.5, 0.6) is 0 Å². The number of aryl methyl sites for hydroxylation is 2. The van der Waals surface area contributed by atoms with Crippen molar-refractivity contribution >= 4 is 23.6 Å². The Bertz CT molecular complexity index is 743. The number of aromatic nitrogens is 2. The Morgan fingerprint density at radius 2 is 1.62 bits per heavy atom. The number of carbonyl (C=O) groups is 2. The summed E-state index contributed by atoms with van der Waals surface area (Å²) in [6, 6.07) is 10.7. The van der Waals surface area contributed by atoms with E-state index in [2.05, 4.69) is 20.6 Å². The quantitative estimate of drug-likeness (QED) is 0.888. The fourth-order valence-corrected chi connectivity index (χ4v) is 3.02.